The Morgan fingerprint density at radius 1 is 1.75 bits per heavy atom. The lowest BCUT2D eigenvalue weighted by atomic mass is 10.3. The zero-order valence-corrected chi connectivity index (χ0v) is 6.87. The molecule has 0 atom stereocenters. The first kappa shape index (κ1) is 8.51. The molecule has 6 nitrogen and oxygen atoms in total. The highest BCUT2D eigenvalue weighted by Crippen LogP contribution is 2.19. The van der Waals surface area contributed by atoms with Crippen LogP contribution in [-0.4, -0.2) is 21.2 Å². The van der Waals surface area contributed by atoms with Crippen LogP contribution in [0.1, 0.15) is 13.8 Å². The van der Waals surface area contributed by atoms with Crippen molar-refractivity contribution >= 4 is 11.5 Å². The molecule has 0 bridgehead atoms. The van der Waals surface area contributed by atoms with E-state index >= 15 is 0 Å². The topological polar surface area (TPSA) is 83.8 Å². The Hall–Kier alpha value is -1.59. The van der Waals surface area contributed by atoms with E-state index in [0.29, 0.717) is 5.69 Å². The molecule has 0 saturated heterocycles. The fraction of sp³-hybridized carbons (Fsp3) is 0.500. The zero-order valence-electron chi connectivity index (χ0n) is 6.87. The maximum atomic E-state index is 10.4. The molecule has 0 aromatic carbocycles. The van der Waals surface area contributed by atoms with Crippen molar-refractivity contribution in [2.45, 2.75) is 19.9 Å². The standard InChI is InChI=1S/C6H10N4O2/c1-4(2)8-5-3-7-9-6(5)10(11)12/h3-4,8H,1-2H3,(H,7,9). The number of rotatable bonds is 3. The molecule has 1 heterocycles. The van der Waals surface area contributed by atoms with E-state index in [9.17, 15) is 10.1 Å². The first-order valence-corrected chi connectivity index (χ1v) is 3.55. The molecule has 6 heteroatoms. The summed E-state index contributed by atoms with van der Waals surface area (Å²) in [6.45, 7) is 3.80. The highest BCUT2D eigenvalue weighted by Gasteiger charge is 2.14. The lowest BCUT2D eigenvalue weighted by Gasteiger charge is -2.05. The summed E-state index contributed by atoms with van der Waals surface area (Å²) in [6.07, 6.45) is 1.40. The van der Waals surface area contributed by atoms with Crippen LogP contribution in [0.15, 0.2) is 6.20 Å². The highest BCUT2D eigenvalue weighted by atomic mass is 16.6. The van der Waals surface area contributed by atoms with Crippen molar-refractivity contribution in [2.75, 3.05) is 5.32 Å². The van der Waals surface area contributed by atoms with Crippen LogP contribution in [0.3, 0.4) is 0 Å². The normalized spacial score (nSPS) is 10.2. The number of anilines is 1. The van der Waals surface area contributed by atoms with Gasteiger partial charge in [0.1, 0.15) is 6.20 Å². The molecule has 0 spiro atoms. The van der Waals surface area contributed by atoms with E-state index in [1.54, 1.807) is 0 Å². The predicted octanol–water partition coefficient (Wildman–Crippen LogP) is 1.14. The summed E-state index contributed by atoms with van der Waals surface area (Å²) in [5, 5.41) is 19.1. The summed E-state index contributed by atoms with van der Waals surface area (Å²) in [7, 11) is 0. The van der Waals surface area contributed by atoms with Gasteiger partial charge in [0.2, 0.25) is 0 Å². The van der Waals surface area contributed by atoms with Crippen LogP contribution in [0.4, 0.5) is 11.5 Å². The average Bonchev–Trinajstić information content (AvgIpc) is 2.33. The second-order valence-electron chi connectivity index (χ2n) is 2.69. The highest BCUT2D eigenvalue weighted by molar-refractivity contribution is 5.55. The first-order valence-electron chi connectivity index (χ1n) is 3.55. The Morgan fingerprint density at radius 2 is 2.42 bits per heavy atom. The maximum absolute atomic E-state index is 10.4. The molecule has 1 rings (SSSR count). The van der Waals surface area contributed by atoms with E-state index in [2.05, 4.69) is 15.5 Å². The molecule has 0 radical (unpaired) electrons. The van der Waals surface area contributed by atoms with Gasteiger partial charge >= 0.3 is 5.82 Å². The summed E-state index contributed by atoms with van der Waals surface area (Å²) in [5.41, 5.74) is 0.426. The number of hydrogen-bond acceptors (Lipinski definition) is 4. The lowest BCUT2D eigenvalue weighted by Crippen LogP contribution is -2.10. The van der Waals surface area contributed by atoms with Gasteiger partial charge in [-0.05, 0) is 18.8 Å². The molecule has 0 unspecified atom stereocenters. The molecule has 0 aliphatic rings. The molecular formula is C6H10N4O2. The molecule has 0 aliphatic carbocycles. The molecule has 0 fully saturated rings. The Labute approximate surface area is 69.1 Å². The average molecular weight is 170 g/mol. The number of H-pyrrole nitrogens is 1. The third kappa shape index (κ3) is 1.71. The molecule has 0 aliphatic heterocycles. The second kappa shape index (κ2) is 3.21. The van der Waals surface area contributed by atoms with Gasteiger partial charge in [-0.15, -0.1) is 5.10 Å². The molecule has 0 saturated carbocycles. The minimum absolute atomic E-state index is 0.0938. The predicted molar refractivity (Wildman–Crippen MR) is 44.0 cm³/mol. The monoisotopic (exact) mass is 170 g/mol. The van der Waals surface area contributed by atoms with Gasteiger partial charge in [0.15, 0.2) is 5.69 Å². The number of nitrogens with zero attached hydrogens (tertiary/aromatic N) is 2. The number of hydrogen-bond donors (Lipinski definition) is 2. The number of nitro groups is 1. The van der Waals surface area contributed by atoms with Crippen LogP contribution in [0.2, 0.25) is 0 Å². The van der Waals surface area contributed by atoms with Crippen LogP contribution < -0.4 is 5.32 Å². The minimum atomic E-state index is -0.502. The van der Waals surface area contributed by atoms with Crippen molar-refractivity contribution in [2.24, 2.45) is 0 Å². The van der Waals surface area contributed by atoms with Crippen molar-refractivity contribution in [1.82, 2.24) is 10.2 Å². The van der Waals surface area contributed by atoms with Gasteiger partial charge in [-0.2, -0.15) is 0 Å². The molecular weight excluding hydrogens is 160 g/mol. The van der Waals surface area contributed by atoms with E-state index < -0.39 is 4.92 Å². The fourth-order valence-corrected chi connectivity index (χ4v) is 0.835. The number of aromatic amines is 1. The molecule has 2 N–H and O–H groups in total. The largest absolute Gasteiger partial charge is 0.375 e. The van der Waals surface area contributed by atoms with E-state index in [1.807, 2.05) is 13.8 Å². The van der Waals surface area contributed by atoms with Gasteiger partial charge in [0.25, 0.3) is 0 Å². The van der Waals surface area contributed by atoms with E-state index in [4.69, 9.17) is 0 Å². The molecule has 1 aromatic heterocycles. The SMILES string of the molecule is CC(C)Nc1cn[nH]c1[N+](=O)[O-]. The maximum Gasteiger partial charge on any atom is 0.366 e. The summed E-state index contributed by atoms with van der Waals surface area (Å²) < 4.78 is 0. The number of nitrogens with one attached hydrogen (secondary N) is 2. The quantitative estimate of drug-likeness (QED) is 0.526. The second-order valence-corrected chi connectivity index (χ2v) is 2.69. The van der Waals surface area contributed by atoms with Crippen LogP contribution in [0, 0.1) is 10.1 Å². The summed E-state index contributed by atoms with van der Waals surface area (Å²) in [4.78, 5) is 9.86. The van der Waals surface area contributed by atoms with Gasteiger partial charge < -0.3 is 15.4 Å². The number of aromatic nitrogens is 2. The third-order valence-electron chi connectivity index (χ3n) is 1.25. The molecule has 12 heavy (non-hydrogen) atoms. The van der Waals surface area contributed by atoms with Crippen LogP contribution >= 0.6 is 0 Å². The van der Waals surface area contributed by atoms with E-state index in [0.717, 1.165) is 0 Å². The van der Waals surface area contributed by atoms with Gasteiger partial charge in [-0.1, -0.05) is 5.10 Å². The van der Waals surface area contributed by atoms with Crippen molar-refractivity contribution in [3.63, 3.8) is 0 Å². The van der Waals surface area contributed by atoms with Crippen molar-refractivity contribution < 1.29 is 4.92 Å². The van der Waals surface area contributed by atoms with E-state index in [-0.39, 0.29) is 11.9 Å². The third-order valence-corrected chi connectivity index (χ3v) is 1.25. The summed E-state index contributed by atoms with van der Waals surface area (Å²) >= 11 is 0. The Kier molecular flexibility index (Phi) is 2.27. The first-order chi connectivity index (χ1) is 5.61. The smallest absolute Gasteiger partial charge is 0.366 e. The van der Waals surface area contributed by atoms with Crippen molar-refractivity contribution in [3.05, 3.63) is 16.3 Å². The minimum Gasteiger partial charge on any atom is -0.375 e. The summed E-state index contributed by atoms with van der Waals surface area (Å²) in [5.74, 6) is -0.0938. The lowest BCUT2D eigenvalue weighted by molar-refractivity contribution is -0.388. The summed E-state index contributed by atoms with van der Waals surface area (Å²) in [6, 6.07) is 0.154. The van der Waals surface area contributed by atoms with Crippen molar-refractivity contribution in [1.29, 1.82) is 0 Å². The Morgan fingerprint density at radius 3 is 2.92 bits per heavy atom. The zero-order chi connectivity index (χ0) is 9.14. The molecule has 0 amide bonds. The molecule has 1 aromatic rings. The Bertz CT molecular complexity index is 281. The van der Waals surface area contributed by atoms with Gasteiger partial charge in [-0.25, -0.2) is 0 Å². The fourth-order valence-electron chi connectivity index (χ4n) is 0.835. The van der Waals surface area contributed by atoms with Gasteiger partial charge in [0, 0.05) is 6.04 Å². The van der Waals surface area contributed by atoms with Gasteiger partial charge in [0.05, 0.1) is 0 Å². The van der Waals surface area contributed by atoms with Crippen LogP contribution in [0.5, 0.6) is 0 Å². The Balaban J connectivity index is 2.84. The van der Waals surface area contributed by atoms with Crippen LogP contribution in [0.25, 0.3) is 0 Å². The van der Waals surface area contributed by atoms with Gasteiger partial charge in [-0.3, -0.25) is 0 Å². The van der Waals surface area contributed by atoms with Crippen LogP contribution in [-0.2, 0) is 0 Å². The van der Waals surface area contributed by atoms with E-state index in [1.165, 1.54) is 6.20 Å². The van der Waals surface area contributed by atoms with Crippen molar-refractivity contribution in [3.8, 4) is 0 Å². The molecule has 66 valence electrons.